The number of nitrogens with zero attached hydrogens (tertiary/aromatic N) is 1. The molecule has 1 heterocycles. The first-order valence-corrected chi connectivity index (χ1v) is 7.24. The molecule has 2 fully saturated rings. The van der Waals surface area contributed by atoms with E-state index in [4.69, 9.17) is 4.74 Å². The molecule has 0 aromatic rings. The molecule has 0 spiro atoms. The van der Waals surface area contributed by atoms with Crippen molar-refractivity contribution in [3.63, 3.8) is 0 Å². The molecule has 2 aliphatic rings. The number of nitrogens with one attached hydrogen (secondary N) is 1. The van der Waals surface area contributed by atoms with E-state index < -0.39 is 0 Å². The normalized spacial score (nSPS) is 28.9. The highest BCUT2D eigenvalue weighted by atomic mass is 16.5. The third-order valence-electron chi connectivity index (χ3n) is 4.54. The van der Waals surface area contributed by atoms with Crippen molar-refractivity contribution in [1.29, 1.82) is 0 Å². The van der Waals surface area contributed by atoms with Gasteiger partial charge in [-0.25, -0.2) is 0 Å². The van der Waals surface area contributed by atoms with Crippen molar-refractivity contribution in [2.75, 3.05) is 39.8 Å². The fourth-order valence-electron chi connectivity index (χ4n) is 3.51. The minimum atomic E-state index is 0.479. The summed E-state index contributed by atoms with van der Waals surface area (Å²) in [6.45, 7) is 8.16. The first kappa shape index (κ1) is 13.3. The second kappa shape index (κ2) is 6.17. The van der Waals surface area contributed by atoms with Crippen LogP contribution in [0.1, 0.15) is 39.0 Å². The average molecular weight is 240 g/mol. The summed E-state index contributed by atoms with van der Waals surface area (Å²) in [5.74, 6) is 0. The summed E-state index contributed by atoms with van der Waals surface area (Å²) in [6, 6.07) is 0. The van der Waals surface area contributed by atoms with Crippen molar-refractivity contribution in [3.8, 4) is 0 Å². The smallest absolute Gasteiger partial charge is 0.0710 e. The standard InChI is InChI=1S/C14H28N2O/c1-3-15-11-14(7-4-5-8-14)12-16-9-6-13(10-16)17-2/h13,15H,3-12H2,1-2H3. The first-order valence-electron chi connectivity index (χ1n) is 7.24. The number of likely N-dealkylation sites (tertiary alicyclic amines) is 1. The van der Waals surface area contributed by atoms with Crippen LogP contribution in [0.5, 0.6) is 0 Å². The molecule has 0 aromatic heterocycles. The van der Waals surface area contributed by atoms with Crippen LogP contribution in [0.15, 0.2) is 0 Å². The fraction of sp³-hybridized carbons (Fsp3) is 1.00. The number of methoxy groups -OCH3 is 1. The number of rotatable bonds is 6. The summed E-state index contributed by atoms with van der Waals surface area (Å²) in [5, 5.41) is 3.57. The van der Waals surface area contributed by atoms with Gasteiger partial charge in [0.2, 0.25) is 0 Å². The van der Waals surface area contributed by atoms with Crippen LogP contribution in [-0.2, 0) is 4.74 Å². The molecule has 1 saturated carbocycles. The monoisotopic (exact) mass is 240 g/mol. The van der Waals surface area contributed by atoms with E-state index in [0.29, 0.717) is 11.5 Å². The molecule has 0 radical (unpaired) electrons. The predicted molar refractivity (Wildman–Crippen MR) is 71.3 cm³/mol. The van der Waals surface area contributed by atoms with Crippen molar-refractivity contribution in [1.82, 2.24) is 10.2 Å². The molecule has 0 amide bonds. The summed E-state index contributed by atoms with van der Waals surface area (Å²) in [6.07, 6.45) is 7.36. The highest BCUT2D eigenvalue weighted by Crippen LogP contribution is 2.39. The van der Waals surface area contributed by atoms with Crippen LogP contribution in [0.2, 0.25) is 0 Å². The second-order valence-corrected chi connectivity index (χ2v) is 5.87. The maximum Gasteiger partial charge on any atom is 0.0710 e. The van der Waals surface area contributed by atoms with Gasteiger partial charge in [-0.2, -0.15) is 0 Å². The quantitative estimate of drug-likeness (QED) is 0.767. The van der Waals surface area contributed by atoms with Gasteiger partial charge in [-0.15, -0.1) is 0 Å². The molecule has 17 heavy (non-hydrogen) atoms. The molecule has 1 aliphatic carbocycles. The van der Waals surface area contributed by atoms with E-state index in [1.165, 1.54) is 51.7 Å². The molecule has 1 unspecified atom stereocenters. The van der Waals surface area contributed by atoms with Crippen molar-refractivity contribution in [2.45, 2.75) is 45.1 Å². The topological polar surface area (TPSA) is 24.5 Å². The molecule has 0 aromatic carbocycles. The Morgan fingerprint density at radius 2 is 2.12 bits per heavy atom. The van der Waals surface area contributed by atoms with Crippen LogP contribution >= 0.6 is 0 Å². The molecule has 0 bridgehead atoms. The number of hydrogen-bond acceptors (Lipinski definition) is 3. The minimum absolute atomic E-state index is 0.479. The van der Waals surface area contributed by atoms with Crippen molar-refractivity contribution < 1.29 is 4.74 Å². The fourth-order valence-corrected chi connectivity index (χ4v) is 3.51. The summed E-state index contributed by atoms with van der Waals surface area (Å²) in [7, 11) is 1.85. The SMILES string of the molecule is CCNCC1(CN2CCC(OC)C2)CCCC1. The Bertz CT molecular complexity index is 226. The van der Waals surface area contributed by atoms with Gasteiger partial charge in [0, 0.05) is 33.3 Å². The Kier molecular flexibility index (Phi) is 4.83. The lowest BCUT2D eigenvalue weighted by atomic mass is 9.85. The Morgan fingerprint density at radius 3 is 2.71 bits per heavy atom. The highest BCUT2D eigenvalue weighted by Gasteiger charge is 2.36. The lowest BCUT2D eigenvalue weighted by Crippen LogP contribution is -2.42. The third kappa shape index (κ3) is 3.43. The van der Waals surface area contributed by atoms with Crippen LogP contribution in [0, 0.1) is 5.41 Å². The Labute approximate surface area is 106 Å². The van der Waals surface area contributed by atoms with Crippen LogP contribution in [0.3, 0.4) is 0 Å². The van der Waals surface area contributed by atoms with Crippen LogP contribution in [-0.4, -0.2) is 50.8 Å². The Balaban J connectivity index is 1.85. The second-order valence-electron chi connectivity index (χ2n) is 5.87. The summed E-state index contributed by atoms with van der Waals surface area (Å²) in [5.41, 5.74) is 0.554. The Morgan fingerprint density at radius 1 is 1.35 bits per heavy atom. The van der Waals surface area contributed by atoms with E-state index >= 15 is 0 Å². The molecule has 100 valence electrons. The van der Waals surface area contributed by atoms with Crippen molar-refractivity contribution >= 4 is 0 Å². The zero-order valence-electron chi connectivity index (χ0n) is 11.5. The number of hydrogen-bond donors (Lipinski definition) is 1. The molecule has 2 rings (SSSR count). The summed E-state index contributed by atoms with van der Waals surface area (Å²) >= 11 is 0. The Hall–Kier alpha value is -0.120. The van der Waals surface area contributed by atoms with Crippen LogP contribution in [0.4, 0.5) is 0 Å². The molecular formula is C14H28N2O. The minimum Gasteiger partial charge on any atom is -0.380 e. The largest absolute Gasteiger partial charge is 0.380 e. The van der Waals surface area contributed by atoms with E-state index in [0.717, 1.165) is 13.1 Å². The maximum atomic E-state index is 5.46. The van der Waals surface area contributed by atoms with Crippen molar-refractivity contribution in [3.05, 3.63) is 0 Å². The predicted octanol–water partition coefficient (Wildman–Crippen LogP) is 1.88. The van der Waals surface area contributed by atoms with E-state index in [2.05, 4.69) is 17.1 Å². The van der Waals surface area contributed by atoms with Gasteiger partial charge < -0.3 is 15.0 Å². The van der Waals surface area contributed by atoms with Gasteiger partial charge in [0.1, 0.15) is 0 Å². The molecule has 3 nitrogen and oxygen atoms in total. The summed E-state index contributed by atoms with van der Waals surface area (Å²) < 4.78 is 5.46. The zero-order valence-corrected chi connectivity index (χ0v) is 11.5. The van der Waals surface area contributed by atoms with E-state index in [9.17, 15) is 0 Å². The number of ether oxygens (including phenoxy) is 1. The maximum absolute atomic E-state index is 5.46. The zero-order chi connectivity index (χ0) is 12.1. The van der Waals surface area contributed by atoms with Crippen LogP contribution in [0.25, 0.3) is 0 Å². The van der Waals surface area contributed by atoms with Crippen molar-refractivity contribution in [2.24, 2.45) is 5.41 Å². The lowest BCUT2D eigenvalue weighted by Gasteiger charge is -2.33. The van der Waals surface area contributed by atoms with Gasteiger partial charge >= 0.3 is 0 Å². The first-order chi connectivity index (χ1) is 8.28. The van der Waals surface area contributed by atoms with Crippen LogP contribution < -0.4 is 5.32 Å². The molecule has 1 saturated heterocycles. The summed E-state index contributed by atoms with van der Waals surface area (Å²) in [4.78, 5) is 2.62. The van der Waals surface area contributed by atoms with Gasteiger partial charge in [-0.3, -0.25) is 0 Å². The van der Waals surface area contributed by atoms with Gasteiger partial charge in [0.25, 0.3) is 0 Å². The van der Waals surface area contributed by atoms with E-state index in [1.54, 1.807) is 0 Å². The average Bonchev–Trinajstić information content (AvgIpc) is 2.97. The van der Waals surface area contributed by atoms with E-state index in [-0.39, 0.29) is 0 Å². The van der Waals surface area contributed by atoms with E-state index in [1.807, 2.05) is 7.11 Å². The van der Waals surface area contributed by atoms with Gasteiger partial charge in [0.05, 0.1) is 6.10 Å². The highest BCUT2D eigenvalue weighted by molar-refractivity contribution is 4.91. The molecule has 1 atom stereocenters. The molecular weight excluding hydrogens is 212 g/mol. The molecule has 3 heteroatoms. The van der Waals surface area contributed by atoms with Gasteiger partial charge in [0.15, 0.2) is 0 Å². The molecule has 1 N–H and O–H groups in total. The lowest BCUT2D eigenvalue weighted by molar-refractivity contribution is 0.0971. The van der Waals surface area contributed by atoms with Gasteiger partial charge in [-0.05, 0) is 31.2 Å². The molecule has 1 aliphatic heterocycles. The van der Waals surface area contributed by atoms with Gasteiger partial charge in [-0.1, -0.05) is 19.8 Å². The third-order valence-corrected chi connectivity index (χ3v) is 4.54.